The fraction of sp³-hybridized carbons (Fsp3) is 0.471. The van der Waals surface area contributed by atoms with Gasteiger partial charge < -0.3 is 19.5 Å². The van der Waals surface area contributed by atoms with Gasteiger partial charge in [0.05, 0.1) is 24.1 Å². The van der Waals surface area contributed by atoms with Gasteiger partial charge in [-0.15, -0.1) is 0 Å². The van der Waals surface area contributed by atoms with Gasteiger partial charge in [-0.25, -0.2) is 0 Å². The number of rotatable bonds is 14. The number of hydrogen-bond donors (Lipinski definition) is 1. The number of carbonyl (C=O) groups is 2. The Kier molecular flexibility index (Phi) is 11.3. The van der Waals surface area contributed by atoms with Crippen molar-refractivity contribution in [3.63, 3.8) is 0 Å². The molecule has 2 heterocycles. The van der Waals surface area contributed by atoms with Gasteiger partial charge in [0.1, 0.15) is 5.76 Å². The van der Waals surface area contributed by atoms with Gasteiger partial charge in [0.15, 0.2) is 0 Å². The highest BCUT2D eigenvalue weighted by molar-refractivity contribution is 6.06. The topological polar surface area (TPSA) is 65.8 Å². The number of nitrogens with one attached hydrogen (secondary N) is 1. The molecule has 0 aliphatic carbocycles. The fourth-order valence-corrected chi connectivity index (χ4v) is 5.33. The third-order valence-electron chi connectivity index (χ3n) is 7.71. The molecule has 1 aromatic heterocycles. The average Bonchev–Trinajstić information content (AvgIpc) is 3.51. The van der Waals surface area contributed by atoms with E-state index in [1.165, 1.54) is 31.2 Å². The summed E-state index contributed by atoms with van der Waals surface area (Å²) < 4.78 is 5.65. The van der Waals surface area contributed by atoms with Gasteiger partial charge in [0, 0.05) is 30.9 Å². The standard InChI is InChI=1S/C34H45N3O3/c1-3-5-7-9-13-27-15-17-28(18-16-27)33(38)35-29-19-20-32(31(25-29)34(39)36-22-10-8-11-23-36)37(21-6-4-2)26-30-14-12-24-40-30/h12,14-20,24-25H,3-11,13,21-23,26H2,1-2H3,(H,35,38). The number of piperidine rings is 1. The molecule has 0 spiro atoms. The average molecular weight is 544 g/mol. The third kappa shape index (κ3) is 8.23. The Morgan fingerprint density at radius 3 is 2.38 bits per heavy atom. The second-order valence-corrected chi connectivity index (χ2v) is 10.9. The summed E-state index contributed by atoms with van der Waals surface area (Å²) in [4.78, 5) is 31.2. The number of hydrogen-bond acceptors (Lipinski definition) is 4. The van der Waals surface area contributed by atoms with Crippen molar-refractivity contribution in [2.45, 2.75) is 84.6 Å². The Morgan fingerprint density at radius 2 is 1.68 bits per heavy atom. The molecule has 3 aromatic rings. The lowest BCUT2D eigenvalue weighted by atomic mass is 10.0. The van der Waals surface area contributed by atoms with Gasteiger partial charge in [-0.2, -0.15) is 0 Å². The highest BCUT2D eigenvalue weighted by Gasteiger charge is 2.24. The van der Waals surface area contributed by atoms with E-state index in [-0.39, 0.29) is 11.8 Å². The molecule has 40 heavy (non-hydrogen) atoms. The lowest BCUT2D eigenvalue weighted by Crippen LogP contribution is -2.37. The molecule has 4 rings (SSSR count). The predicted molar refractivity (Wildman–Crippen MR) is 163 cm³/mol. The minimum absolute atomic E-state index is 0.0270. The Bertz CT molecular complexity index is 1200. The SMILES string of the molecule is CCCCCCc1ccc(C(=O)Nc2ccc(N(CCCC)Cc3ccco3)c(C(=O)N3CCCCC3)c2)cc1. The highest BCUT2D eigenvalue weighted by atomic mass is 16.3. The molecule has 0 bridgehead atoms. The van der Waals surface area contributed by atoms with Crippen LogP contribution in [-0.2, 0) is 13.0 Å². The van der Waals surface area contributed by atoms with Crippen LogP contribution in [0, 0.1) is 0 Å². The Hall–Kier alpha value is -3.54. The Morgan fingerprint density at radius 1 is 0.900 bits per heavy atom. The molecular formula is C34H45N3O3. The van der Waals surface area contributed by atoms with Crippen LogP contribution in [0.1, 0.15) is 104 Å². The van der Waals surface area contributed by atoms with E-state index in [1.54, 1.807) is 6.26 Å². The first-order valence-corrected chi connectivity index (χ1v) is 15.2. The zero-order chi connectivity index (χ0) is 28.2. The van der Waals surface area contributed by atoms with Gasteiger partial charge in [0.2, 0.25) is 0 Å². The van der Waals surface area contributed by atoms with Crippen molar-refractivity contribution in [2.24, 2.45) is 0 Å². The molecule has 1 N–H and O–H groups in total. The summed E-state index contributed by atoms with van der Waals surface area (Å²) in [6, 6.07) is 17.5. The van der Waals surface area contributed by atoms with Crippen LogP contribution in [-0.4, -0.2) is 36.3 Å². The minimum atomic E-state index is -0.167. The van der Waals surface area contributed by atoms with Crippen LogP contribution in [0.15, 0.2) is 65.3 Å². The Balaban J connectivity index is 1.55. The summed E-state index contributed by atoms with van der Waals surface area (Å²) in [6.07, 6.45) is 12.9. The van der Waals surface area contributed by atoms with Crippen LogP contribution < -0.4 is 10.2 Å². The van der Waals surface area contributed by atoms with Crippen molar-refractivity contribution < 1.29 is 14.0 Å². The van der Waals surface area contributed by atoms with E-state index >= 15 is 0 Å². The molecule has 1 aliphatic heterocycles. The number of amides is 2. The molecule has 6 nitrogen and oxygen atoms in total. The molecule has 0 radical (unpaired) electrons. The first kappa shape index (κ1) is 29.4. The van der Waals surface area contributed by atoms with Gasteiger partial charge in [-0.1, -0.05) is 51.7 Å². The van der Waals surface area contributed by atoms with E-state index in [0.717, 1.165) is 69.6 Å². The number of benzene rings is 2. The monoisotopic (exact) mass is 543 g/mol. The van der Waals surface area contributed by atoms with Crippen LogP contribution >= 0.6 is 0 Å². The van der Waals surface area contributed by atoms with Crippen molar-refractivity contribution in [3.8, 4) is 0 Å². The maximum atomic E-state index is 13.8. The molecule has 6 heteroatoms. The number of likely N-dealkylation sites (tertiary alicyclic amines) is 1. The number of nitrogens with zero attached hydrogens (tertiary/aromatic N) is 2. The summed E-state index contributed by atoms with van der Waals surface area (Å²) in [6.45, 7) is 7.33. The second-order valence-electron chi connectivity index (χ2n) is 10.9. The third-order valence-corrected chi connectivity index (χ3v) is 7.71. The molecular weight excluding hydrogens is 498 g/mol. The molecule has 2 amide bonds. The maximum Gasteiger partial charge on any atom is 0.256 e. The summed E-state index contributed by atoms with van der Waals surface area (Å²) in [5.41, 5.74) is 4.02. The van der Waals surface area contributed by atoms with Crippen molar-refractivity contribution >= 4 is 23.2 Å². The first-order chi connectivity index (χ1) is 19.6. The highest BCUT2D eigenvalue weighted by Crippen LogP contribution is 2.29. The van der Waals surface area contributed by atoms with Crippen LogP contribution in [0.2, 0.25) is 0 Å². The molecule has 214 valence electrons. The summed E-state index contributed by atoms with van der Waals surface area (Å²) in [5.74, 6) is 0.720. The molecule has 0 atom stereocenters. The largest absolute Gasteiger partial charge is 0.467 e. The number of anilines is 2. The molecule has 1 aliphatic rings. The van der Waals surface area contributed by atoms with E-state index in [0.29, 0.717) is 23.4 Å². The number of unbranched alkanes of at least 4 members (excludes halogenated alkanes) is 4. The molecule has 0 saturated carbocycles. The van der Waals surface area contributed by atoms with Crippen molar-refractivity contribution in [1.82, 2.24) is 4.90 Å². The van der Waals surface area contributed by atoms with Gasteiger partial charge in [-0.3, -0.25) is 9.59 Å². The van der Waals surface area contributed by atoms with Crippen molar-refractivity contribution in [1.29, 1.82) is 0 Å². The van der Waals surface area contributed by atoms with E-state index in [1.807, 2.05) is 47.4 Å². The van der Waals surface area contributed by atoms with Crippen molar-refractivity contribution in [2.75, 3.05) is 29.9 Å². The van der Waals surface area contributed by atoms with E-state index in [4.69, 9.17) is 4.42 Å². The lowest BCUT2D eigenvalue weighted by molar-refractivity contribution is 0.0724. The van der Waals surface area contributed by atoms with E-state index in [9.17, 15) is 9.59 Å². The predicted octanol–water partition coefficient (Wildman–Crippen LogP) is 8.09. The molecule has 0 unspecified atom stereocenters. The first-order valence-electron chi connectivity index (χ1n) is 15.2. The lowest BCUT2D eigenvalue weighted by Gasteiger charge is -2.31. The zero-order valence-electron chi connectivity index (χ0n) is 24.3. The molecule has 1 fully saturated rings. The van der Waals surface area contributed by atoms with Crippen LogP contribution in [0.4, 0.5) is 11.4 Å². The second kappa shape index (κ2) is 15.3. The minimum Gasteiger partial charge on any atom is -0.467 e. The molecule has 2 aromatic carbocycles. The maximum absolute atomic E-state index is 13.8. The normalized spacial score (nSPS) is 13.3. The quantitative estimate of drug-likeness (QED) is 0.209. The van der Waals surface area contributed by atoms with Crippen LogP contribution in [0.3, 0.4) is 0 Å². The fourth-order valence-electron chi connectivity index (χ4n) is 5.33. The summed E-state index contributed by atoms with van der Waals surface area (Å²) >= 11 is 0. The summed E-state index contributed by atoms with van der Waals surface area (Å²) in [5, 5.41) is 3.04. The molecule has 1 saturated heterocycles. The Labute approximate surface area is 239 Å². The number of furan rings is 1. The van der Waals surface area contributed by atoms with Gasteiger partial charge >= 0.3 is 0 Å². The van der Waals surface area contributed by atoms with Crippen LogP contribution in [0.25, 0.3) is 0 Å². The van der Waals surface area contributed by atoms with Gasteiger partial charge in [-0.05, 0) is 86.6 Å². The number of carbonyl (C=O) groups excluding carboxylic acids is 2. The van der Waals surface area contributed by atoms with E-state index < -0.39 is 0 Å². The van der Waals surface area contributed by atoms with E-state index in [2.05, 4.69) is 36.2 Å². The van der Waals surface area contributed by atoms with Crippen LogP contribution in [0.5, 0.6) is 0 Å². The summed E-state index contributed by atoms with van der Waals surface area (Å²) in [7, 11) is 0. The smallest absolute Gasteiger partial charge is 0.256 e. The van der Waals surface area contributed by atoms with Gasteiger partial charge in [0.25, 0.3) is 11.8 Å². The number of aryl methyl sites for hydroxylation is 1. The van der Waals surface area contributed by atoms with Crippen molar-refractivity contribution in [3.05, 3.63) is 83.3 Å². The zero-order valence-corrected chi connectivity index (χ0v) is 24.3.